The van der Waals surface area contributed by atoms with Crippen LogP contribution in [0.3, 0.4) is 0 Å². The smallest absolute Gasteiger partial charge is 0.157 e. The third-order valence-corrected chi connectivity index (χ3v) is 5.90. The highest BCUT2D eigenvalue weighted by Crippen LogP contribution is 2.32. The van der Waals surface area contributed by atoms with Crippen LogP contribution in [0.5, 0.6) is 0 Å². The number of benzene rings is 3. The van der Waals surface area contributed by atoms with E-state index >= 15 is 0 Å². The Morgan fingerprint density at radius 3 is 2.15 bits per heavy atom. The highest BCUT2D eigenvalue weighted by atomic mass is 19.1. The van der Waals surface area contributed by atoms with E-state index in [1.54, 1.807) is 6.07 Å². The molecule has 1 fully saturated rings. The zero-order valence-electron chi connectivity index (χ0n) is 18.4. The zero-order valence-corrected chi connectivity index (χ0v) is 18.4. The van der Waals surface area contributed by atoms with Gasteiger partial charge in [-0.1, -0.05) is 37.6 Å². The predicted octanol–water partition coefficient (Wildman–Crippen LogP) is 7.30. The van der Waals surface area contributed by atoms with E-state index in [0.717, 1.165) is 18.9 Å². The minimum Gasteiger partial charge on any atom is -0.352 e. The number of aryl methyl sites for hydroxylation is 1. The van der Waals surface area contributed by atoms with Gasteiger partial charge in [0.25, 0.3) is 0 Å². The molecule has 0 unspecified atom stereocenters. The van der Waals surface area contributed by atoms with Gasteiger partial charge in [0.15, 0.2) is 6.29 Å². The molecule has 4 rings (SSSR count). The van der Waals surface area contributed by atoms with Gasteiger partial charge in [-0.2, -0.15) is 0 Å². The van der Waals surface area contributed by atoms with Gasteiger partial charge in [0.1, 0.15) is 23.3 Å². The summed E-state index contributed by atoms with van der Waals surface area (Å²) in [5.74, 6) is -2.32. The molecule has 0 N–H and O–H groups in total. The van der Waals surface area contributed by atoms with E-state index in [4.69, 9.17) is 9.47 Å². The first-order valence-electron chi connectivity index (χ1n) is 11.2. The minimum atomic E-state index is -0.767. The summed E-state index contributed by atoms with van der Waals surface area (Å²) >= 11 is 0. The highest BCUT2D eigenvalue weighted by molar-refractivity contribution is 5.72. The Morgan fingerprint density at radius 2 is 1.52 bits per heavy atom. The van der Waals surface area contributed by atoms with Gasteiger partial charge in [0, 0.05) is 17.9 Å². The molecule has 2 nitrogen and oxygen atoms in total. The summed E-state index contributed by atoms with van der Waals surface area (Å²) in [7, 11) is 0. The Bertz CT molecular complexity index is 1080. The van der Waals surface area contributed by atoms with Crippen LogP contribution in [0, 0.1) is 29.2 Å². The molecule has 1 aliphatic heterocycles. The Balaban J connectivity index is 1.47. The van der Waals surface area contributed by atoms with Gasteiger partial charge >= 0.3 is 0 Å². The Labute approximate surface area is 191 Å². The lowest BCUT2D eigenvalue weighted by Crippen LogP contribution is -2.32. The maximum atomic E-state index is 14.8. The van der Waals surface area contributed by atoms with E-state index in [9.17, 15) is 17.6 Å². The van der Waals surface area contributed by atoms with Crippen molar-refractivity contribution in [3.05, 3.63) is 83.4 Å². The lowest BCUT2D eigenvalue weighted by Gasteiger charge is -2.29. The fourth-order valence-electron chi connectivity index (χ4n) is 4.22. The van der Waals surface area contributed by atoms with Crippen LogP contribution in [0.1, 0.15) is 31.7 Å². The van der Waals surface area contributed by atoms with Gasteiger partial charge in [0.05, 0.1) is 18.8 Å². The molecule has 33 heavy (non-hydrogen) atoms. The molecular weight excluding hydrogens is 432 g/mol. The van der Waals surface area contributed by atoms with Crippen LogP contribution in [0.4, 0.5) is 17.6 Å². The second-order valence-electron chi connectivity index (χ2n) is 8.43. The molecule has 6 heteroatoms. The zero-order chi connectivity index (χ0) is 23.4. The van der Waals surface area contributed by atoms with Crippen LogP contribution >= 0.6 is 0 Å². The van der Waals surface area contributed by atoms with E-state index in [1.807, 2.05) is 0 Å². The number of halogens is 4. The molecule has 0 radical (unpaired) electrons. The van der Waals surface area contributed by atoms with E-state index in [1.165, 1.54) is 42.5 Å². The highest BCUT2D eigenvalue weighted by Gasteiger charge is 2.22. The van der Waals surface area contributed by atoms with Crippen molar-refractivity contribution in [2.45, 2.75) is 38.9 Å². The van der Waals surface area contributed by atoms with E-state index < -0.39 is 23.3 Å². The molecule has 3 aromatic carbocycles. The predicted molar refractivity (Wildman–Crippen MR) is 120 cm³/mol. The molecule has 3 aromatic rings. The van der Waals surface area contributed by atoms with Gasteiger partial charge in [0.2, 0.25) is 0 Å². The van der Waals surface area contributed by atoms with Gasteiger partial charge in [-0.15, -0.1) is 0 Å². The average Bonchev–Trinajstić information content (AvgIpc) is 2.78. The van der Waals surface area contributed by atoms with E-state index in [0.29, 0.717) is 43.1 Å². The molecule has 0 atom stereocenters. The van der Waals surface area contributed by atoms with Crippen molar-refractivity contribution in [3.8, 4) is 22.3 Å². The van der Waals surface area contributed by atoms with Crippen molar-refractivity contribution in [1.29, 1.82) is 0 Å². The maximum absolute atomic E-state index is 14.8. The van der Waals surface area contributed by atoms with Crippen molar-refractivity contribution < 1.29 is 27.0 Å². The second kappa shape index (κ2) is 10.5. The Hall–Kier alpha value is -2.70. The monoisotopic (exact) mass is 458 g/mol. The fraction of sp³-hybridized carbons (Fsp3) is 0.333. The summed E-state index contributed by atoms with van der Waals surface area (Å²) in [6.45, 7) is 3.39. The third kappa shape index (κ3) is 5.63. The van der Waals surface area contributed by atoms with Crippen LogP contribution in [0.15, 0.2) is 54.6 Å². The first kappa shape index (κ1) is 23.5. The van der Waals surface area contributed by atoms with Crippen molar-refractivity contribution in [2.24, 2.45) is 5.92 Å². The standard InChI is InChI=1S/C27H26F4O2/c1-2-4-18-15-32-26(33-16-18)10-7-17-11-24(30)27(25(31)12-17)20-8-9-22(23(29)14-20)19-5-3-6-21(28)13-19/h3,5-6,8-9,11-14,18,26H,2,4,7,10,15-16H2,1H3. The molecule has 1 saturated heterocycles. The number of rotatable bonds is 7. The number of ether oxygens (including phenoxy) is 2. The summed E-state index contributed by atoms with van der Waals surface area (Å²) < 4.78 is 69.3. The largest absolute Gasteiger partial charge is 0.352 e. The molecule has 0 saturated carbocycles. The molecule has 0 spiro atoms. The molecule has 0 bridgehead atoms. The average molecular weight is 458 g/mol. The molecule has 0 aromatic heterocycles. The number of hydrogen-bond donors (Lipinski definition) is 0. The van der Waals surface area contributed by atoms with Crippen molar-refractivity contribution in [1.82, 2.24) is 0 Å². The van der Waals surface area contributed by atoms with Crippen LogP contribution in [0.25, 0.3) is 22.3 Å². The normalized spacial score (nSPS) is 18.5. The van der Waals surface area contributed by atoms with Crippen molar-refractivity contribution in [2.75, 3.05) is 13.2 Å². The second-order valence-corrected chi connectivity index (χ2v) is 8.43. The number of hydrogen-bond acceptors (Lipinski definition) is 2. The van der Waals surface area contributed by atoms with Crippen molar-refractivity contribution in [3.63, 3.8) is 0 Å². The molecule has 1 heterocycles. The SMILES string of the molecule is CCCC1COC(CCc2cc(F)c(-c3ccc(-c4cccc(F)c4)c(F)c3)c(F)c2)OC1. The van der Waals surface area contributed by atoms with Crippen LogP contribution in [-0.2, 0) is 15.9 Å². The van der Waals surface area contributed by atoms with Crippen LogP contribution < -0.4 is 0 Å². The van der Waals surface area contributed by atoms with Crippen molar-refractivity contribution >= 4 is 0 Å². The van der Waals surface area contributed by atoms with Crippen LogP contribution in [0.2, 0.25) is 0 Å². The molecule has 0 aliphatic carbocycles. The molecule has 1 aliphatic rings. The summed E-state index contributed by atoms with van der Waals surface area (Å²) in [6, 6.07) is 11.9. The first-order chi connectivity index (χ1) is 15.9. The van der Waals surface area contributed by atoms with Gasteiger partial charge < -0.3 is 9.47 Å². The molecular formula is C27H26F4O2. The molecule has 174 valence electrons. The molecule has 0 amide bonds. The summed E-state index contributed by atoms with van der Waals surface area (Å²) in [4.78, 5) is 0. The maximum Gasteiger partial charge on any atom is 0.157 e. The minimum absolute atomic E-state index is 0.0788. The van der Waals surface area contributed by atoms with Crippen LogP contribution in [-0.4, -0.2) is 19.5 Å². The Morgan fingerprint density at radius 1 is 0.788 bits per heavy atom. The van der Waals surface area contributed by atoms with E-state index in [-0.39, 0.29) is 23.0 Å². The summed E-state index contributed by atoms with van der Waals surface area (Å²) in [6.07, 6.45) is 2.63. The van der Waals surface area contributed by atoms with Gasteiger partial charge in [-0.3, -0.25) is 0 Å². The van der Waals surface area contributed by atoms with Gasteiger partial charge in [-0.05, 0) is 59.9 Å². The first-order valence-corrected chi connectivity index (χ1v) is 11.2. The lowest BCUT2D eigenvalue weighted by molar-refractivity contribution is -0.203. The third-order valence-electron chi connectivity index (χ3n) is 5.90. The summed E-state index contributed by atoms with van der Waals surface area (Å²) in [5, 5.41) is 0. The summed E-state index contributed by atoms with van der Waals surface area (Å²) in [5.41, 5.74) is 0.771. The van der Waals surface area contributed by atoms with E-state index in [2.05, 4.69) is 6.92 Å². The van der Waals surface area contributed by atoms with Gasteiger partial charge in [-0.25, -0.2) is 17.6 Å². The quantitative estimate of drug-likeness (QED) is 0.346. The fourth-order valence-corrected chi connectivity index (χ4v) is 4.22. The topological polar surface area (TPSA) is 18.5 Å². The lowest BCUT2D eigenvalue weighted by atomic mass is 9.97. The Kier molecular flexibility index (Phi) is 7.46.